The highest BCUT2D eigenvalue weighted by Crippen LogP contribution is 2.16. The average molecular weight is 453 g/mol. The van der Waals surface area contributed by atoms with Gasteiger partial charge in [0.15, 0.2) is 0 Å². The first-order valence-electron chi connectivity index (χ1n) is 14.9. The lowest BCUT2D eigenvalue weighted by molar-refractivity contribution is -0.109. The smallest absolute Gasteiger partial charge is 0.122 e. The molecular weight excluding hydrogens is 392 g/mol. The molecule has 0 aromatic heterocycles. The van der Waals surface area contributed by atoms with Gasteiger partial charge >= 0.3 is 0 Å². The predicted molar refractivity (Wildman–Crippen MR) is 142 cm³/mol. The molecule has 2 heteroatoms. The minimum atomic E-state index is -0.406. The summed E-state index contributed by atoms with van der Waals surface area (Å²) < 4.78 is 0. The van der Waals surface area contributed by atoms with Crippen LogP contribution in [-0.2, 0) is 4.79 Å². The zero-order chi connectivity index (χ0) is 23.4. The van der Waals surface area contributed by atoms with Crippen LogP contribution < -0.4 is 0 Å². The molecule has 0 aromatic rings. The topological polar surface area (TPSA) is 37.3 Å². The molecule has 1 N–H and O–H groups in total. The largest absolute Gasteiger partial charge is 0.393 e. The van der Waals surface area contributed by atoms with Crippen molar-refractivity contribution < 1.29 is 9.90 Å². The first-order valence-corrected chi connectivity index (χ1v) is 14.9. The van der Waals surface area contributed by atoms with Gasteiger partial charge in [-0.15, -0.1) is 0 Å². The molecule has 0 spiro atoms. The van der Waals surface area contributed by atoms with E-state index < -0.39 is 6.10 Å². The van der Waals surface area contributed by atoms with Gasteiger partial charge in [-0.3, -0.25) is 0 Å². The summed E-state index contributed by atoms with van der Waals surface area (Å²) in [6, 6.07) is 0. The van der Waals surface area contributed by atoms with Crippen LogP contribution in [0.3, 0.4) is 0 Å². The normalized spacial score (nSPS) is 12.3. The molecule has 0 aliphatic rings. The van der Waals surface area contributed by atoms with E-state index in [1.165, 1.54) is 154 Å². The summed E-state index contributed by atoms with van der Waals surface area (Å²) in [5.41, 5.74) is 0. The predicted octanol–water partition coefficient (Wildman–Crippen LogP) is 10.1. The molecule has 0 bridgehead atoms. The van der Waals surface area contributed by atoms with Crippen LogP contribution in [0.25, 0.3) is 0 Å². The van der Waals surface area contributed by atoms with E-state index in [4.69, 9.17) is 0 Å². The summed E-state index contributed by atoms with van der Waals surface area (Å²) in [4.78, 5) is 10.3. The highest BCUT2D eigenvalue weighted by Gasteiger charge is 2.02. The fourth-order valence-electron chi connectivity index (χ4n) is 4.75. The Morgan fingerprint density at radius 1 is 0.469 bits per heavy atom. The zero-order valence-corrected chi connectivity index (χ0v) is 22.1. The van der Waals surface area contributed by atoms with Crippen LogP contribution in [0.4, 0.5) is 0 Å². The molecule has 0 saturated heterocycles. The van der Waals surface area contributed by atoms with Crippen LogP contribution >= 0.6 is 0 Å². The summed E-state index contributed by atoms with van der Waals surface area (Å²) in [6.07, 6.45) is 36.7. The van der Waals surface area contributed by atoms with Crippen molar-refractivity contribution in [3.8, 4) is 0 Å². The highest BCUT2D eigenvalue weighted by molar-refractivity contribution is 5.49. The fourth-order valence-corrected chi connectivity index (χ4v) is 4.75. The molecule has 0 aliphatic carbocycles. The third-order valence-corrected chi connectivity index (χ3v) is 7.01. The van der Waals surface area contributed by atoms with Crippen molar-refractivity contribution in [3.63, 3.8) is 0 Å². The van der Waals surface area contributed by atoms with Gasteiger partial charge in [0.1, 0.15) is 6.29 Å². The summed E-state index contributed by atoms with van der Waals surface area (Å²) in [6.45, 7) is 2.30. The molecule has 1 atom stereocenters. The van der Waals surface area contributed by atoms with Crippen LogP contribution in [0.1, 0.15) is 180 Å². The van der Waals surface area contributed by atoms with Crippen LogP contribution in [0.2, 0.25) is 0 Å². The van der Waals surface area contributed by atoms with E-state index in [1.54, 1.807) is 0 Å². The lowest BCUT2D eigenvalue weighted by Gasteiger charge is -2.06. The Bertz CT molecular complexity index is 342. The number of unbranched alkanes of at least 4 members (excludes halogenated alkanes) is 24. The van der Waals surface area contributed by atoms with Gasteiger partial charge in [0, 0.05) is 6.42 Å². The van der Waals surface area contributed by atoms with Gasteiger partial charge < -0.3 is 9.90 Å². The van der Waals surface area contributed by atoms with E-state index in [0.717, 1.165) is 19.1 Å². The molecule has 0 radical (unpaired) electrons. The Balaban J connectivity index is 3.03. The Morgan fingerprint density at radius 3 is 0.969 bits per heavy atom. The Hall–Kier alpha value is -0.370. The molecule has 0 aromatic carbocycles. The molecule has 0 fully saturated rings. The zero-order valence-electron chi connectivity index (χ0n) is 22.1. The monoisotopic (exact) mass is 452 g/mol. The number of rotatable bonds is 28. The van der Waals surface area contributed by atoms with Crippen LogP contribution in [0.5, 0.6) is 0 Å². The van der Waals surface area contributed by atoms with Crippen molar-refractivity contribution in [2.75, 3.05) is 0 Å². The minimum absolute atomic E-state index is 0.305. The number of aliphatic hydroxyl groups excluding tert-OH is 1. The lowest BCUT2D eigenvalue weighted by atomic mass is 10.0. The third kappa shape index (κ3) is 27.7. The van der Waals surface area contributed by atoms with Gasteiger partial charge in [0.2, 0.25) is 0 Å². The average Bonchev–Trinajstić information content (AvgIpc) is 2.79. The summed E-state index contributed by atoms with van der Waals surface area (Å²) >= 11 is 0. The maximum atomic E-state index is 10.3. The van der Waals surface area contributed by atoms with Crippen molar-refractivity contribution in [1.82, 2.24) is 0 Å². The van der Waals surface area contributed by atoms with E-state index in [1.807, 2.05) is 0 Å². The maximum absolute atomic E-state index is 10.3. The second-order valence-corrected chi connectivity index (χ2v) is 10.3. The van der Waals surface area contributed by atoms with Gasteiger partial charge in [0.05, 0.1) is 6.10 Å². The van der Waals surface area contributed by atoms with Crippen LogP contribution in [0, 0.1) is 0 Å². The van der Waals surface area contributed by atoms with Crippen LogP contribution in [-0.4, -0.2) is 17.5 Å². The van der Waals surface area contributed by atoms with Crippen molar-refractivity contribution >= 4 is 6.29 Å². The van der Waals surface area contributed by atoms with Gasteiger partial charge in [-0.05, 0) is 6.42 Å². The Labute approximate surface area is 202 Å². The van der Waals surface area contributed by atoms with E-state index in [-0.39, 0.29) is 0 Å². The molecular formula is C30H60O2. The quantitative estimate of drug-likeness (QED) is 0.0946. The van der Waals surface area contributed by atoms with E-state index >= 15 is 0 Å². The molecule has 32 heavy (non-hydrogen) atoms. The molecule has 0 amide bonds. The van der Waals surface area contributed by atoms with E-state index in [2.05, 4.69) is 6.92 Å². The molecule has 1 unspecified atom stereocenters. The van der Waals surface area contributed by atoms with Crippen molar-refractivity contribution in [1.29, 1.82) is 0 Å². The van der Waals surface area contributed by atoms with Gasteiger partial charge in [-0.1, -0.05) is 167 Å². The molecule has 0 saturated carbocycles. The Kier molecular flexibility index (Phi) is 28.3. The number of hydrogen-bond donors (Lipinski definition) is 1. The fraction of sp³-hybridized carbons (Fsp3) is 0.967. The highest BCUT2D eigenvalue weighted by atomic mass is 16.3. The number of carbonyl (C=O) groups is 1. The van der Waals surface area contributed by atoms with E-state index in [9.17, 15) is 9.90 Å². The van der Waals surface area contributed by atoms with Crippen molar-refractivity contribution in [2.45, 2.75) is 186 Å². The first-order chi connectivity index (χ1) is 15.8. The second-order valence-electron chi connectivity index (χ2n) is 10.3. The Morgan fingerprint density at radius 2 is 0.719 bits per heavy atom. The summed E-state index contributed by atoms with van der Waals surface area (Å²) in [7, 11) is 0. The molecule has 0 aliphatic heterocycles. The van der Waals surface area contributed by atoms with Gasteiger partial charge in [-0.2, -0.15) is 0 Å². The standard InChI is InChI=1S/C30H60O2/c1-2-3-4-5-6-7-8-9-10-11-12-13-14-15-16-17-18-19-20-21-22-23-24-25-26-27-30(32)28-29-31/h29-30,32H,2-28H2,1H3. The van der Waals surface area contributed by atoms with Crippen molar-refractivity contribution in [2.24, 2.45) is 0 Å². The molecule has 192 valence electrons. The van der Waals surface area contributed by atoms with Gasteiger partial charge in [0.25, 0.3) is 0 Å². The summed E-state index contributed by atoms with van der Waals surface area (Å²) in [5.74, 6) is 0. The van der Waals surface area contributed by atoms with Crippen molar-refractivity contribution in [3.05, 3.63) is 0 Å². The van der Waals surface area contributed by atoms with Gasteiger partial charge in [-0.25, -0.2) is 0 Å². The number of aldehydes is 1. The third-order valence-electron chi connectivity index (χ3n) is 7.01. The second kappa shape index (κ2) is 28.7. The molecule has 2 nitrogen and oxygen atoms in total. The number of carbonyl (C=O) groups excluding carboxylic acids is 1. The maximum Gasteiger partial charge on any atom is 0.122 e. The lowest BCUT2D eigenvalue weighted by Crippen LogP contribution is -2.06. The molecule has 0 rings (SSSR count). The minimum Gasteiger partial charge on any atom is -0.393 e. The number of hydrogen-bond acceptors (Lipinski definition) is 2. The first kappa shape index (κ1) is 31.6. The van der Waals surface area contributed by atoms with Crippen LogP contribution in [0.15, 0.2) is 0 Å². The SMILES string of the molecule is CCCCCCCCCCCCCCCCCCCCCCCCCCCC(O)CC=O. The van der Waals surface area contributed by atoms with E-state index in [0.29, 0.717) is 6.42 Å². The number of aliphatic hydroxyl groups is 1. The molecule has 0 heterocycles. The summed E-state index contributed by atoms with van der Waals surface area (Å²) in [5, 5.41) is 9.50.